The van der Waals surface area contributed by atoms with Crippen molar-refractivity contribution in [3.63, 3.8) is 0 Å². The predicted octanol–water partition coefficient (Wildman–Crippen LogP) is 4.32. The maximum Gasteiger partial charge on any atom is 0.228 e. The molecule has 1 amide bonds. The van der Waals surface area contributed by atoms with Crippen LogP contribution in [0.5, 0.6) is 11.5 Å². The van der Waals surface area contributed by atoms with Gasteiger partial charge in [0.25, 0.3) is 0 Å². The Hall–Kier alpha value is -3.02. The molecule has 1 N–H and O–H groups in total. The summed E-state index contributed by atoms with van der Waals surface area (Å²) in [6.45, 7) is 6.13. The van der Waals surface area contributed by atoms with Crippen molar-refractivity contribution in [2.75, 3.05) is 19.5 Å². The van der Waals surface area contributed by atoms with Gasteiger partial charge < -0.3 is 19.2 Å². The molecular weight excluding hydrogens is 344 g/mol. The van der Waals surface area contributed by atoms with Gasteiger partial charge in [-0.1, -0.05) is 20.8 Å². The highest BCUT2D eigenvalue weighted by Crippen LogP contribution is 2.28. The van der Waals surface area contributed by atoms with Crippen LogP contribution >= 0.6 is 0 Å². The zero-order valence-electron chi connectivity index (χ0n) is 16.3. The van der Waals surface area contributed by atoms with Gasteiger partial charge in [-0.15, -0.1) is 0 Å². The molecule has 2 aromatic carbocycles. The third kappa shape index (κ3) is 4.22. The topological polar surface area (TPSA) is 73.6 Å². The normalized spacial score (nSPS) is 11.4. The molecule has 1 aromatic heterocycles. The lowest BCUT2D eigenvalue weighted by molar-refractivity contribution is -0.115. The number of ether oxygens (including phenoxy) is 2. The number of carbonyl (C=O) groups excluding carboxylic acids is 1. The number of carbonyl (C=O) groups is 1. The number of methoxy groups -OCH3 is 2. The number of oxazole rings is 1. The zero-order valence-corrected chi connectivity index (χ0v) is 16.3. The fourth-order valence-corrected chi connectivity index (χ4v) is 2.72. The van der Waals surface area contributed by atoms with Crippen LogP contribution in [0.15, 0.2) is 40.8 Å². The van der Waals surface area contributed by atoms with Crippen molar-refractivity contribution >= 4 is 22.7 Å². The van der Waals surface area contributed by atoms with Crippen LogP contribution in [0.1, 0.15) is 32.2 Å². The van der Waals surface area contributed by atoms with E-state index < -0.39 is 0 Å². The van der Waals surface area contributed by atoms with Crippen LogP contribution in [-0.4, -0.2) is 25.1 Å². The Morgan fingerprint density at radius 2 is 1.89 bits per heavy atom. The summed E-state index contributed by atoms with van der Waals surface area (Å²) in [4.78, 5) is 17.0. The van der Waals surface area contributed by atoms with Gasteiger partial charge in [0.05, 0.1) is 20.6 Å². The molecule has 0 aliphatic rings. The summed E-state index contributed by atoms with van der Waals surface area (Å²) >= 11 is 0. The highest BCUT2D eigenvalue weighted by atomic mass is 16.5. The molecule has 3 aromatic rings. The van der Waals surface area contributed by atoms with Gasteiger partial charge in [-0.05, 0) is 36.4 Å². The Bertz CT molecular complexity index is 970. The molecule has 0 saturated carbocycles. The van der Waals surface area contributed by atoms with Gasteiger partial charge in [-0.3, -0.25) is 4.79 Å². The lowest BCUT2D eigenvalue weighted by atomic mass is 9.97. The predicted molar refractivity (Wildman–Crippen MR) is 105 cm³/mol. The second kappa shape index (κ2) is 7.31. The third-order valence-corrected chi connectivity index (χ3v) is 4.15. The minimum absolute atomic E-state index is 0.152. The Morgan fingerprint density at radius 3 is 2.56 bits per heavy atom. The minimum atomic E-state index is -0.175. The quantitative estimate of drug-likeness (QED) is 0.726. The average molecular weight is 368 g/mol. The highest BCUT2D eigenvalue weighted by molar-refractivity contribution is 5.94. The highest BCUT2D eigenvalue weighted by Gasteiger charge is 2.21. The van der Waals surface area contributed by atoms with Crippen molar-refractivity contribution in [2.24, 2.45) is 0 Å². The van der Waals surface area contributed by atoms with Crippen molar-refractivity contribution in [2.45, 2.75) is 32.6 Å². The third-order valence-electron chi connectivity index (χ3n) is 4.15. The number of hydrogen-bond donors (Lipinski definition) is 1. The number of aromatic nitrogens is 1. The van der Waals surface area contributed by atoms with Gasteiger partial charge >= 0.3 is 0 Å². The first-order valence-electron chi connectivity index (χ1n) is 8.72. The van der Waals surface area contributed by atoms with Crippen molar-refractivity contribution in [1.82, 2.24) is 4.98 Å². The maximum absolute atomic E-state index is 12.5. The Balaban J connectivity index is 1.78. The standard InChI is InChI=1S/C21H24N2O4/c1-21(2,3)20-23-16-12-14(6-8-18(16)27-20)22-19(24)11-13-10-15(25-4)7-9-17(13)26-5/h6-10,12H,11H2,1-5H3,(H,22,24). The summed E-state index contributed by atoms with van der Waals surface area (Å²) in [5, 5.41) is 2.90. The molecule has 1 heterocycles. The number of fused-ring (bicyclic) bond motifs is 1. The largest absolute Gasteiger partial charge is 0.497 e. The van der Waals surface area contributed by atoms with Crippen LogP contribution in [0.25, 0.3) is 11.1 Å². The van der Waals surface area contributed by atoms with Crippen molar-refractivity contribution < 1.29 is 18.7 Å². The summed E-state index contributed by atoms with van der Waals surface area (Å²) in [5.41, 5.74) is 2.67. The van der Waals surface area contributed by atoms with E-state index in [0.29, 0.717) is 28.7 Å². The number of benzene rings is 2. The van der Waals surface area contributed by atoms with Gasteiger partial charge in [-0.2, -0.15) is 0 Å². The van der Waals surface area contributed by atoms with E-state index >= 15 is 0 Å². The molecule has 0 spiro atoms. The summed E-state index contributed by atoms with van der Waals surface area (Å²) in [6, 6.07) is 10.8. The van der Waals surface area contributed by atoms with E-state index in [1.165, 1.54) is 0 Å². The van der Waals surface area contributed by atoms with Gasteiger partial charge in [-0.25, -0.2) is 4.98 Å². The van der Waals surface area contributed by atoms with E-state index in [9.17, 15) is 4.79 Å². The van der Waals surface area contributed by atoms with Crippen LogP contribution in [0.2, 0.25) is 0 Å². The van der Waals surface area contributed by atoms with Crippen LogP contribution in [-0.2, 0) is 16.6 Å². The van der Waals surface area contributed by atoms with E-state index in [-0.39, 0.29) is 17.7 Å². The fourth-order valence-electron chi connectivity index (χ4n) is 2.72. The Labute approximate surface area is 158 Å². The molecular formula is C21H24N2O4. The molecule has 27 heavy (non-hydrogen) atoms. The minimum Gasteiger partial charge on any atom is -0.497 e. The SMILES string of the molecule is COc1ccc(OC)c(CC(=O)Nc2ccc3oc(C(C)(C)C)nc3c2)c1. The van der Waals surface area contributed by atoms with Crippen molar-refractivity contribution in [3.8, 4) is 11.5 Å². The molecule has 0 aliphatic carbocycles. The first kappa shape index (κ1) is 18.8. The molecule has 142 valence electrons. The van der Waals surface area contributed by atoms with Crippen LogP contribution in [0.3, 0.4) is 0 Å². The zero-order chi connectivity index (χ0) is 19.6. The van der Waals surface area contributed by atoms with Gasteiger partial charge in [0.15, 0.2) is 5.58 Å². The van der Waals surface area contributed by atoms with E-state index in [1.54, 1.807) is 38.5 Å². The maximum atomic E-state index is 12.5. The number of anilines is 1. The van der Waals surface area contributed by atoms with Crippen molar-refractivity contribution in [1.29, 1.82) is 0 Å². The van der Waals surface area contributed by atoms with Gasteiger partial charge in [0.2, 0.25) is 11.8 Å². The monoisotopic (exact) mass is 368 g/mol. The lowest BCUT2D eigenvalue weighted by Crippen LogP contribution is -2.15. The van der Waals surface area contributed by atoms with Gasteiger partial charge in [0.1, 0.15) is 17.0 Å². The summed E-state index contributed by atoms with van der Waals surface area (Å²) in [6.07, 6.45) is 0.171. The van der Waals surface area contributed by atoms with E-state index in [2.05, 4.69) is 10.3 Å². The van der Waals surface area contributed by atoms with E-state index in [4.69, 9.17) is 13.9 Å². The number of rotatable bonds is 5. The molecule has 0 fully saturated rings. The number of amides is 1. The second-order valence-corrected chi connectivity index (χ2v) is 7.35. The number of nitrogens with zero attached hydrogens (tertiary/aromatic N) is 1. The van der Waals surface area contributed by atoms with E-state index in [0.717, 1.165) is 11.1 Å². The van der Waals surface area contributed by atoms with Crippen LogP contribution in [0.4, 0.5) is 5.69 Å². The van der Waals surface area contributed by atoms with Gasteiger partial charge in [0, 0.05) is 16.7 Å². The fraction of sp³-hybridized carbons (Fsp3) is 0.333. The van der Waals surface area contributed by atoms with Crippen LogP contribution in [0, 0.1) is 0 Å². The average Bonchev–Trinajstić information content (AvgIpc) is 3.05. The molecule has 6 heteroatoms. The summed E-state index contributed by atoms with van der Waals surface area (Å²) in [7, 11) is 3.17. The lowest BCUT2D eigenvalue weighted by Gasteiger charge is -2.11. The molecule has 0 saturated heterocycles. The molecule has 0 radical (unpaired) electrons. The smallest absolute Gasteiger partial charge is 0.228 e. The molecule has 3 rings (SSSR count). The number of nitrogens with one attached hydrogen (secondary N) is 1. The van der Waals surface area contributed by atoms with Crippen LogP contribution < -0.4 is 14.8 Å². The molecule has 0 atom stereocenters. The second-order valence-electron chi connectivity index (χ2n) is 7.35. The van der Waals surface area contributed by atoms with E-state index in [1.807, 2.05) is 32.9 Å². The Morgan fingerprint density at radius 1 is 1.11 bits per heavy atom. The molecule has 0 unspecified atom stereocenters. The summed E-state index contributed by atoms with van der Waals surface area (Å²) in [5.74, 6) is 1.84. The first-order chi connectivity index (χ1) is 12.8. The first-order valence-corrected chi connectivity index (χ1v) is 8.72. The molecule has 6 nitrogen and oxygen atoms in total. The van der Waals surface area contributed by atoms with Crippen molar-refractivity contribution in [3.05, 3.63) is 47.9 Å². The molecule has 0 aliphatic heterocycles. The number of hydrogen-bond acceptors (Lipinski definition) is 5. The molecule has 0 bridgehead atoms. The Kier molecular flexibility index (Phi) is 5.08. The summed E-state index contributed by atoms with van der Waals surface area (Å²) < 4.78 is 16.3.